The van der Waals surface area contributed by atoms with E-state index in [-0.39, 0.29) is 5.91 Å². The summed E-state index contributed by atoms with van der Waals surface area (Å²) in [5, 5.41) is 3.50. The zero-order valence-corrected chi connectivity index (χ0v) is 16.8. The van der Waals surface area contributed by atoms with Crippen molar-refractivity contribution in [3.63, 3.8) is 0 Å². The van der Waals surface area contributed by atoms with Gasteiger partial charge in [0.2, 0.25) is 0 Å². The van der Waals surface area contributed by atoms with Crippen LogP contribution in [0.3, 0.4) is 0 Å². The molecule has 0 spiro atoms. The van der Waals surface area contributed by atoms with Crippen molar-refractivity contribution < 1.29 is 9.53 Å². The Morgan fingerprint density at radius 3 is 2.52 bits per heavy atom. The minimum Gasteiger partial charge on any atom is -0.378 e. The molecule has 148 valence electrons. The Morgan fingerprint density at radius 2 is 1.79 bits per heavy atom. The third kappa shape index (κ3) is 4.39. The fourth-order valence-corrected chi connectivity index (χ4v) is 3.37. The first-order valence-electron chi connectivity index (χ1n) is 9.43. The van der Waals surface area contributed by atoms with E-state index in [1.807, 2.05) is 31.2 Å². The molecule has 1 aromatic heterocycles. The van der Waals surface area contributed by atoms with Crippen LogP contribution in [0.1, 0.15) is 15.9 Å². The number of rotatable bonds is 4. The standard InChI is InChI=1S/C22H21ClN4O2/c1-15-2-7-18(14-19(15)23)26-22(28)17-5-3-16(4-6-17)20-21(25-9-8-24-20)27-10-12-29-13-11-27/h2-9,14H,10-13H2,1H3,(H,26,28). The van der Waals surface area contributed by atoms with Crippen LogP contribution in [0.25, 0.3) is 11.3 Å². The zero-order valence-electron chi connectivity index (χ0n) is 16.1. The number of hydrogen-bond acceptors (Lipinski definition) is 5. The quantitative estimate of drug-likeness (QED) is 0.701. The molecule has 7 heteroatoms. The van der Waals surface area contributed by atoms with Crippen LogP contribution in [0.5, 0.6) is 0 Å². The summed E-state index contributed by atoms with van der Waals surface area (Å²) >= 11 is 6.13. The molecule has 0 saturated carbocycles. The van der Waals surface area contributed by atoms with Crippen LogP contribution in [0.2, 0.25) is 5.02 Å². The molecule has 6 nitrogen and oxygen atoms in total. The second-order valence-corrected chi connectivity index (χ2v) is 7.23. The molecule has 0 unspecified atom stereocenters. The van der Waals surface area contributed by atoms with Crippen molar-refractivity contribution in [3.8, 4) is 11.3 Å². The van der Waals surface area contributed by atoms with E-state index in [1.165, 1.54) is 0 Å². The minimum absolute atomic E-state index is 0.191. The van der Waals surface area contributed by atoms with Gasteiger partial charge in [0.1, 0.15) is 5.69 Å². The van der Waals surface area contributed by atoms with Crippen LogP contribution in [-0.4, -0.2) is 42.2 Å². The van der Waals surface area contributed by atoms with E-state index in [0.29, 0.717) is 29.5 Å². The average Bonchev–Trinajstić information content (AvgIpc) is 2.77. The lowest BCUT2D eigenvalue weighted by molar-refractivity contribution is 0.102. The van der Waals surface area contributed by atoms with Crippen LogP contribution in [0.15, 0.2) is 54.9 Å². The van der Waals surface area contributed by atoms with Crippen molar-refractivity contribution >= 4 is 29.0 Å². The Labute approximate surface area is 174 Å². The smallest absolute Gasteiger partial charge is 0.255 e. The summed E-state index contributed by atoms with van der Waals surface area (Å²) in [6.45, 7) is 4.84. The normalized spacial score (nSPS) is 13.9. The van der Waals surface area contributed by atoms with Crippen molar-refractivity contribution in [1.29, 1.82) is 0 Å². The summed E-state index contributed by atoms with van der Waals surface area (Å²) in [5.74, 6) is 0.645. The molecule has 1 aliphatic rings. The largest absolute Gasteiger partial charge is 0.378 e. The van der Waals surface area contributed by atoms with Gasteiger partial charge in [-0.15, -0.1) is 0 Å². The third-order valence-electron chi connectivity index (χ3n) is 4.84. The van der Waals surface area contributed by atoms with Gasteiger partial charge >= 0.3 is 0 Å². The molecule has 1 fully saturated rings. The topological polar surface area (TPSA) is 67.4 Å². The molecule has 4 rings (SSSR count). The van der Waals surface area contributed by atoms with Crippen molar-refractivity contribution in [2.75, 3.05) is 36.5 Å². The van der Waals surface area contributed by atoms with Crippen LogP contribution in [-0.2, 0) is 4.74 Å². The van der Waals surface area contributed by atoms with Crippen molar-refractivity contribution in [2.45, 2.75) is 6.92 Å². The van der Waals surface area contributed by atoms with Gasteiger partial charge in [-0.2, -0.15) is 0 Å². The molecule has 29 heavy (non-hydrogen) atoms. The van der Waals surface area contributed by atoms with Gasteiger partial charge in [-0.05, 0) is 36.8 Å². The molecule has 2 heterocycles. The Balaban J connectivity index is 1.53. The summed E-state index contributed by atoms with van der Waals surface area (Å²) in [6, 6.07) is 12.8. The number of morpholine rings is 1. The number of halogens is 1. The van der Waals surface area contributed by atoms with Gasteiger partial charge < -0.3 is 15.0 Å². The number of anilines is 2. The Kier molecular flexibility index (Phi) is 5.74. The predicted octanol–water partition coefficient (Wildman–Crippen LogP) is 4.19. The third-order valence-corrected chi connectivity index (χ3v) is 5.25. The lowest BCUT2D eigenvalue weighted by atomic mass is 10.1. The first kappa shape index (κ1) is 19.4. The highest BCUT2D eigenvalue weighted by atomic mass is 35.5. The Morgan fingerprint density at radius 1 is 1.07 bits per heavy atom. The van der Waals surface area contributed by atoms with Gasteiger partial charge in [0, 0.05) is 47.3 Å². The maximum atomic E-state index is 12.6. The number of nitrogens with zero attached hydrogens (tertiary/aromatic N) is 3. The number of benzene rings is 2. The van der Waals surface area contributed by atoms with Gasteiger partial charge in [-0.25, -0.2) is 4.98 Å². The SMILES string of the molecule is Cc1ccc(NC(=O)c2ccc(-c3nccnc3N3CCOCC3)cc2)cc1Cl. The molecule has 1 saturated heterocycles. The molecular formula is C22H21ClN4O2. The number of aromatic nitrogens is 2. The number of aryl methyl sites for hydroxylation is 1. The lowest BCUT2D eigenvalue weighted by Crippen LogP contribution is -2.37. The van der Waals surface area contributed by atoms with Crippen molar-refractivity contribution in [2.24, 2.45) is 0 Å². The molecule has 0 aliphatic carbocycles. The van der Waals surface area contributed by atoms with Crippen molar-refractivity contribution in [1.82, 2.24) is 9.97 Å². The summed E-state index contributed by atoms with van der Waals surface area (Å²) < 4.78 is 5.43. The Hall–Kier alpha value is -2.96. The number of carbonyl (C=O) groups excluding carboxylic acids is 1. The summed E-state index contributed by atoms with van der Waals surface area (Å²) in [4.78, 5) is 23.8. The molecule has 1 amide bonds. The highest BCUT2D eigenvalue weighted by molar-refractivity contribution is 6.31. The van der Waals surface area contributed by atoms with E-state index in [9.17, 15) is 4.79 Å². The van der Waals surface area contributed by atoms with Crippen LogP contribution in [0.4, 0.5) is 11.5 Å². The van der Waals surface area contributed by atoms with Gasteiger partial charge in [-0.1, -0.05) is 29.8 Å². The van der Waals surface area contributed by atoms with Gasteiger partial charge in [-0.3, -0.25) is 9.78 Å². The maximum absolute atomic E-state index is 12.6. The fraction of sp³-hybridized carbons (Fsp3) is 0.227. The highest BCUT2D eigenvalue weighted by Crippen LogP contribution is 2.27. The summed E-state index contributed by atoms with van der Waals surface area (Å²) in [7, 11) is 0. The number of nitrogens with one attached hydrogen (secondary N) is 1. The van der Waals surface area contributed by atoms with Crippen LogP contribution < -0.4 is 10.2 Å². The fourth-order valence-electron chi connectivity index (χ4n) is 3.19. The molecule has 3 aromatic rings. The molecule has 0 radical (unpaired) electrons. The molecule has 1 N–H and O–H groups in total. The number of amides is 1. The Bertz CT molecular complexity index is 1020. The van der Waals surface area contributed by atoms with Gasteiger partial charge in [0.05, 0.1) is 13.2 Å². The summed E-state index contributed by atoms with van der Waals surface area (Å²) in [6.07, 6.45) is 3.38. The first-order valence-corrected chi connectivity index (χ1v) is 9.81. The molecule has 1 aliphatic heterocycles. The molecular weight excluding hydrogens is 388 g/mol. The van der Waals surface area contributed by atoms with E-state index in [0.717, 1.165) is 35.7 Å². The van der Waals surface area contributed by atoms with Gasteiger partial charge in [0.25, 0.3) is 5.91 Å². The summed E-state index contributed by atoms with van der Waals surface area (Å²) in [5.41, 5.74) is 3.90. The zero-order chi connectivity index (χ0) is 20.2. The van der Waals surface area contributed by atoms with E-state index in [4.69, 9.17) is 16.3 Å². The lowest BCUT2D eigenvalue weighted by Gasteiger charge is -2.28. The number of ether oxygens (including phenoxy) is 1. The van der Waals surface area contributed by atoms with E-state index in [1.54, 1.807) is 30.6 Å². The maximum Gasteiger partial charge on any atom is 0.255 e. The first-order chi connectivity index (χ1) is 14.1. The minimum atomic E-state index is -0.191. The molecule has 2 aromatic carbocycles. The molecule has 0 atom stereocenters. The van der Waals surface area contributed by atoms with E-state index < -0.39 is 0 Å². The second-order valence-electron chi connectivity index (χ2n) is 6.82. The second kappa shape index (κ2) is 8.59. The monoisotopic (exact) mass is 408 g/mol. The van der Waals surface area contributed by atoms with Crippen molar-refractivity contribution in [3.05, 3.63) is 71.0 Å². The highest BCUT2D eigenvalue weighted by Gasteiger charge is 2.18. The van der Waals surface area contributed by atoms with E-state index in [2.05, 4.69) is 20.2 Å². The van der Waals surface area contributed by atoms with Crippen LogP contribution >= 0.6 is 11.6 Å². The number of hydrogen-bond donors (Lipinski definition) is 1. The van der Waals surface area contributed by atoms with Crippen LogP contribution in [0, 0.1) is 6.92 Å². The predicted molar refractivity (Wildman–Crippen MR) is 115 cm³/mol. The average molecular weight is 409 g/mol. The van der Waals surface area contributed by atoms with Gasteiger partial charge in [0.15, 0.2) is 5.82 Å². The number of carbonyl (C=O) groups is 1. The van der Waals surface area contributed by atoms with E-state index >= 15 is 0 Å². The molecule has 0 bridgehead atoms.